The first kappa shape index (κ1) is 16.7. The van der Waals surface area contributed by atoms with Crippen molar-refractivity contribution in [3.05, 3.63) is 99.1 Å². The van der Waals surface area contributed by atoms with E-state index in [-0.39, 0.29) is 22.8 Å². The summed E-state index contributed by atoms with van der Waals surface area (Å²) in [6.07, 6.45) is 0. The van der Waals surface area contributed by atoms with E-state index >= 15 is 0 Å². The van der Waals surface area contributed by atoms with Gasteiger partial charge in [0.25, 0.3) is 5.69 Å². The molecule has 0 aliphatic carbocycles. The fraction of sp³-hybridized carbons (Fsp3) is 0. The second kappa shape index (κ2) is 7.15. The summed E-state index contributed by atoms with van der Waals surface area (Å²) in [7, 11) is 0. The molecule has 3 aromatic rings. The Morgan fingerprint density at radius 2 is 1.64 bits per heavy atom. The van der Waals surface area contributed by atoms with Crippen molar-refractivity contribution in [3.63, 3.8) is 0 Å². The minimum absolute atomic E-state index is 0.121. The third-order valence-electron chi connectivity index (χ3n) is 3.50. The van der Waals surface area contributed by atoms with Crippen molar-refractivity contribution in [2.45, 2.75) is 0 Å². The molecular weight excluding hydrogens is 342 g/mol. The molecule has 0 saturated heterocycles. The van der Waals surface area contributed by atoms with E-state index in [1.165, 1.54) is 18.2 Å². The predicted octanol–water partition coefficient (Wildman–Crippen LogP) is 5.27. The van der Waals surface area contributed by atoms with Gasteiger partial charge < -0.3 is 4.74 Å². The van der Waals surface area contributed by atoms with Crippen molar-refractivity contribution < 1.29 is 14.5 Å². The monoisotopic (exact) mass is 353 g/mol. The highest BCUT2D eigenvalue weighted by atomic mass is 35.5. The number of rotatable bonds is 5. The summed E-state index contributed by atoms with van der Waals surface area (Å²) in [5.74, 6) is 0.357. The van der Waals surface area contributed by atoms with Gasteiger partial charge in [-0.3, -0.25) is 14.9 Å². The van der Waals surface area contributed by atoms with Crippen LogP contribution < -0.4 is 4.74 Å². The van der Waals surface area contributed by atoms with Gasteiger partial charge >= 0.3 is 0 Å². The molecule has 3 aromatic carbocycles. The number of nitrogens with zero attached hydrogens (tertiary/aromatic N) is 1. The fourth-order valence-corrected chi connectivity index (χ4v) is 2.40. The van der Waals surface area contributed by atoms with E-state index in [9.17, 15) is 14.9 Å². The first-order chi connectivity index (χ1) is 12.0. The maximum Gasteiger partial charge on any atom is 0.270 e. The number of carbonyl (C=O) groups is 1. The van der Waals surface area contributed by atoms with E-state index in [2.05, 4.69) is 0 Å². The normalized spacial score (nSPS) is 10.3. The third-order valence-corrected chi connectivity index (χ3v) is 3.75. The molecule has 5 nitrogen and oxygen atoms in total. The molecule has 0 aliphatic rings. The molecule has 6 heteroatoms. The smallest absolute Gasteiger partial charge is 0.270 e. The van der Waals surface area contributed by atoms with Crippen LogP contribution in [-0.4, -0.2) is 10.7 Å². The Bertz CT molecular complexity index is 924. The van der Waals surface area contributed by atoms with Crippen LogP contribution in [0.25, 0.3) is 0 Å². The summed E-state index contributed by atoms with van der Waals surface area (Å²) in [5.41, 5.74) is 0.363. The van der Waals surface area contributed by atoms with E-state index in [1.807, 2.05) is 0 Å². The number of benzene rings is 3. The van der Waals surface area contributed by atoms with Crippen LogP contribution in [0.1, 0.15) is 15.9 Å². The lowest BCUT2D eigenvalue weighted by molar-refractivity contribution is -0.384. The Morgan fingerprint density at radius 1 is 0.960 bits per heavy atom. The maximum atomic E-state index is 12.8. The van der Waals surface area contributed by atoms with Crippen molar-refractivity contribution in [1.29, 1.82) is 0 Å². The zero-order chi connectivity index (χ0) is 17.8. The fourth-order valence-electron chi connectivity index (χ4n) is 2.27. The standard InChI is InChI=1S/C19H12ClNO4/c20-14-6-9-16(10-7-14)25-18-11-8-15(21(23)24)12-17(18)19(22)13-4-2-1-3-5-13/h1-12H. The lowest BCUT2D eigenvalue weighted by Gasteiger charge is -2.11. The average molecular weight is 354 g/mol. The molecule has 25 heavy (non-hydrogen) atoms. The van der Waals surface area contributed by atoms with Crippen molar-refractivity contribution >= 4 is 23.1 Å². The van der Waals surface area contributed by atoms with Gasteiger partial charge in [-0.1, -0.05) is 41.9 Å². The number of ketones is 1. The minimum Gasteiger partial charge on any atom is -0.457 e. The number of ether oxygens (including phenoxy) is 1. The Hall–Kier alpha value is -3.18. The highest BCUT2D eigenvalue weighted by Gasteiger charge is 2.19. The van der Waals surface area contributed by atoms with Crippen LogP contribution in [0.5, 0.6) is 11.5 Å². The number of nitro benzene ring substituents is 1. The zero-order valence-corrected chi connectivity index (χ0v) is 13.6. The topological polar surface area (TPSA) is 69.4 Å². The lowest BCUT2D eigenvalue weighted by Crippen LogP contribution is -2.04. The zero-order valence-electron chi connectivity index (χ0n) is 12.9. The van der Waals surface area contributed by atoms with Gasteiger partial charge in [-0.15, -0.1) is 0 Å². The summed E-state index contributed by atoms with van der Waals surface area (Å²) in [6, 6.07) is 19.1. The van der Waals surface area contributed by atoms with Crippen LogP contribution in [0.4, 0.5) is 5.69 Å². The molecule has 0 amide bonds. The van der Waals surface area contributed by atoms with Crippen molar-refractivity contribution in [3.8, 4) is 11.5 Å². The Morgan fingerprint density at radius 3 is 2.28 bits per heavy atom. The molecule has 124 valence electrons. The SMILES string of the molecule is O=C(c1ccccc1)c1cc([N+](=O)[O-])ccc1Oc1ccc(Cl)cc1. The van der Waals surface area contributed by atoms with E-state index in [4.69, 9.17) is 16.3 Å². The van der Waals surface area contributed by atoms with E-state index < -0.39 is 4.92 Å². The molecule has 0 aliphatic heterocycles. The first-order valence-electron chi connectivity index (χ1n) is 7.36. The lowest BCUT2D eigenvalue weighted by atomic mass is 10.0. The quantitative estimate of drug-likeness (QED) is 0.356. The Balaban J connectivity index is 2.03. The number of halogens is 1. The molecular formula is C19H12ClNO4. The van der Waals surface area contributed by atoms with Crippen LogP contribution in [0.2, 0.25) is 5.02 Å². The van der Waals surface area contributed by atoms with Gasteiger partial charge in [-0.2, -0.15) is 0 Å². The number of hydrogen-bond acceptors (Lipinski definition) is 4. The van der Waals surface area contributed by atoms with Crippen LogP contribution in [0, 0.1) is 10.1 Å². The maximum absolute atomic E-state index is 12.8. The molecule has 0 unspecified atom stereocenters. The molecule has 0 heterocycles. The third kappa shape index (κ3) is 3.84. The van der Waals surface area contributed by atoms with Crippen LogP contribution in [-0.2, 0) is 0 Å². The highest BCUT2D eigenvalue weighted by molar-refractivity contribution is 6.30. The molecule has 0 N–H and O–H groups in total. The van der Waals surface area contributed by atoms with E-state index in [0.717, 1.165) is 0 Å². The number of carbonyl (C=O) groups excluding carboxylic acids is 1. The van der Waals surface area contributed by atoms with Crippen molar-refractivity contribution in [1.82, 2.24) is 0 Å². The summed E-state index contributed by atoms with van der Waals surface area (Å²) in [6.45, 7) is 0. The van der Waals surface area contributed by atoms with Gasteiger partial charge in [0.2, 0.25) is 0 Å². The van der Waals surface area contributed by atoms with Gasteiger partial charge in [0, 0.05) is 22.7 Å². The van der Waals surface area contributed by atoms with Crippen LogP contribution >= 0.6 is 11.6 Å². The Labute approximate surface area is 148 Å². The van der Waals surface area contributed by atoms with Gasteiger partial charge in [0.05, 0.1) is 10.5 Å². The number of hydrogen-bond donors (Lipinski definition) is 0. The molecule has 0 bridgehead atoms. The van der Waals surface area contributed by atoms with E-state index in [1.54, 1.807) is 54.6 Å². The largest absolute Gasteiger partial charge is 0.457 e. The molecule has 0 fully saturated rings. The Kier molecular flexibility index (Phi) is 4.77. The van der Waals surface area contributed by atoms with Gasteiger partial charge in [-0.25, -0.2) is 0 Å². The second-order valence-corrected chi connectivity index (χ2v) is 5.63. The molecule has 0 atom stereocenters. The van der Waals surface area contributed by atoms with Gasteiger partial charge in [-0.05, 0) is 30.3 Å². The van der Waals surface area contributed by atoms with E-state index in [0.29, 0.717) is 16.3 Å². The number of non-ortho nitro benzene ring substituents is 1. The van der Waals surface area contributed by atoms with Crippen molar-refractivity contribution in [2.75, 3.05) is 0 Å². The minimum atomic E-state index is -0.548. The molecule has 3 rings (SSSR count). The van der Waals surface area contributed by atoms with Gasteiger partial charge in [0.15, 0.2) is 5.78 Å². The average Bonchev–Trinajstić information content (AvgIpc) is 2.64. The molecule has 0 radical (unpaired) electrons. The summed E-state index contributed by atoms with van der Waals surface area (Å²) in [5, 5.41) is 11.6. The summed E-state index contributed by atoms with van der Waals surface area (Å²) < 4.78 is 5.74. The van der Waals surface area contributed by atoms with Crippen LogP contribution in [0.15, 0.2) is 72.8 Å². The second-order valence-electron chi connectivity index (χ2n) is 5.19. The first-order valence-corrected chi connectivity index (χ1v) is 7.74. The van der Waals surface area contributed by atoms with Crippen molar-refractivity contribution in [2.24, 2.45) is 0 Å². The highest BCUT2D eigenvalue weighted by Crippen LogP contribution is 2.31. The molecule has 0 aromatic heterocycles. The predicted molar refractivity (Wildman–Crippen MR) is 94.5 cm³/mol. The summed E-state index contributed by atoms with van der Waals surface area (Å²) in [4.78, 5) is 23.3. The van der Waals surface area contributed by atoms with Crippen LogP contribution in [0.3, 0.4) is 0 Å². The molecule has 0 saturated carbocycles. The summed E-state index contributed by atoms with van der Waals surface area (Å²) >= 11 is 5.85. The number of nitro groups is 1. The molecule has 0 spiro atoms. The van der Waals surface area contributed by atoms with Gasteiger partial charge in [0.1, 0.15) is 11.5 Å².